The van der Waals surface area contributed by atoms with Crippen LogP contribution >= 0.6 is 39.1 Å². The molecule has 0 radical (unpaired) electrons. The maximum atomic E-state index is 6.24. The Kier molecular flexibility index (Phi) is 7.57. The third kappa shape index (κ3) is 5.32. The van der Waals surface area contributed by atoms with Crippen LogP contribution in [0.3, 0.4) is 0 Å². The van der Waals surface area contributed by atoms with Gasteiger partial charge in [0.25, 0.3) is 0 Å². The zero-order valence-electron chi connectivity index (χ0n) is 16.0. The van der Waals surface area contributed by atoms with E-state index in [2.05, 4.69) is 36.8 Å². The van der Waals surface area contributed by atoms with E-state index in [4.69, 9.17) is 32.7 Å². The molecule has 3 rings (SSSR count). The maximum Gasteiger partial charge on any atom is 0.243 e. The number of benzene rings is 2. The molecule has 0 saturated heterocycles. The molecule has 2 aromatic carbocycles. The van der Waals surface area contributed by atoms with Gasteiger partial charge in [-0.15, -0.1) is 0 Å². The number of aryl methyl sites for hydroxylation is 1. The van der Waals surface area contributed by atoms with Gasteiger partial charge in [0, 0.05) is 33.2 Å². The van der Waals surface area contributed by atoms with Crippen molar-refractivity contribution >= 4 is 45.1 Å². The third-order valence-corrected chi connectivity index (χ3v) is 5.56. The molecule has 0 atom stereocenters. The normalized spacial score (nSPS) is 10.8. The average Bonchev–Trinajstić information content (AvgIpc) is 3.16. The summed E-state index contributed by atoms with van der Waals surface area (Å²) in [5.41, 5.74) is 1.70. The second-order valence-corrected chi connectivity index (χ2v) is 7.65. The quantitative estimate of drug-likeness (QED) is 0.426. The fourth-order valence-corrected chi connectivity index (χ4v) is 3.60. The van der Waals surface area contributed by atoms with E-state index in [1.165, 1.54) is 0 Å². The van der Waals surface area contributed by atoms with Crippen molar-refractivity contribution in [2.45, 2.75) is 33.5 Å². The van der Waals surface area contributed by atoms with Crippen molar-refractivity contribution in [3.05, 3.63) is 56.0 Å². The van der Waals surface area contributed by atoms with Gasteiger partial charge in [0.15, 0.2) is 11.5 Å². The van der Waals surface area contributed by atoms with Crippen LogP contribution in [0.5, 0.6) is 11.5 Å². The van der Waals surface area contributed by atoms with Crippen LogP contribution in [0, 0.1) is 0 Å². The first-order chi connectivity index (χ1) is 14.0. The number of nitrogens with one attached hydrogen (secondary N) is 1. The number of aromatic nitrogens is 4. The topological polar surface area (TPSA) is 74.1 Å². The van der Waals surface area contributed by atoms with Gasteiger partial charge in [-0.25, -0.2) is 4.68 Å². The lowest BCUT2D eigenvalue weighted by Crippen LogP contribution is -2.09. The average molecular weight is 501 g/mol. The van der Waals surface area contributed by atoms with Gasteiger partial charge in [-0.2, -0.15) is 0 Å². The summed E-state index contributed by atoms with van der Waals surface area (Å²) >= 11 is 16.1. The molecule has 0 unspecified atom stereocenters. The first-order valence-corrected chi connectivity index (χ1v) is 10.6. The molecule has 1 heterocycles. The molecule has 3 aromatic rings. The number of halogens is 3. The smallest absolute Gasteiger partial charge is 0.243 e. The summed E-state index contributed by atoms with van der Waals surface area (Å²) in [4.78, 5) is 0. The predicted molar refractivity (Wildman–Crippen MR) is 117 cm³/mol. The third-order valence-electron chi connectivity index (χ3n) is 4.11. The second-order valence-electron chi connectivity index (χ2n) is 5.98. The van der Waals surface area contributed by atoms with Crippen molar-refractivity contribution in [1.29, 1.82) is 0 Å². The molecule has 0 aliphatic rings. The summed E-state index contributed by atoms with van der Waals surface area (Å²) in [7, 11) is 0. The Morgan fingerprint density at radius 1 is 1.10 bits per heavy atom. The summed E-state index contributed by atoms with van der Waals surface area (Å²) in [5.74, 6) is 1.83. The highest BCUT2D eigenvalue weighted by atomic mass is 79.9. The maximum absolute atomic E-state index is 6.24. The van der Waals surface area contributed by atoms with Crippen molar-refractivity contribution in [3.8, 4) is 11.5 Å². The molecule has 0 saturated carbocycles. The molecule has 0 spiro atoms. The zero-order valence-corrected chi connectivity index (χ0v) is 19.1. The summed E-state index contributed by atoms with van der Waals surface area (Å²) in [5, 5.41) is 15.9. The highest BCUT2D eigenvalue weighted by Gasteiger charge is 2.14. The number of ether oxygens (including phenoxy) is 2. The van der Waals surface area contributed by atoms with Gasteiger partial charge in [-0.1, -0.05) is 50.3 Å². The van der Waals surface area contributed by atoms with E-state index in [-0.39, 0.29) is 6.61 Å². The van der Waals surface area contributed by atoms with Crippen LogP contribution in [-0.2, 0) is 19.7 Å². The Labute approximate surface area is 187 Å². The number of hydrogen-bond acceptors (Lipinski definition) is 6. The highest BCUT2D eigenvalue weighted by Crippen LogP contribution is 2.35. The van der Waals surface area contributed by atoms with E-state index in [0.717, 1.165) is 15.6 Å². The number of nitrogens with zero attached hydrogens (tertiary/aromatic N) is 4. The SMILES string of the molecule is CCOc1cc(CNc2nnnn2CC)c(Br)cc1OCc1c(Cl)cccc1Cl. The molecule has 0 aliphatic heterocycles. The molecule has 1 aromatic heterocycles. The zero-order chi connectivity index (χ0) is 20.8. The largest absolute Gasteiger partial charge is 0.490 e. The molecule has 1 N–H and O–H groups in total. The molecule has 154 valence electrons. The molecule has 0 aliphatic carbocycles. The second kappa shape index (κ2) is 10.1. The van der Waals surface area contributed by atoms with E-state index in [1.54, 1.807) is 22.9 Å². The fraction of sp³-hybridized carbons (Fsp3) is 0.316. The minimum atomic E-state index is 0.230. The lowest BCUT2D eigenvalue weighted by Gasteiger charge is -2.16. The van der Waals surface area contributed by atoms with Gasteiger partial charge < -0.3 is 14.8 Å². The first kappa shape index (κ1) is 21.7. The van der Waals surface area contributed by atoms with Gasteiger partial charge in [0.05, 0.1) is 6.61 Å². The van der Waals surface area contributed by atoms with Gasteiger partial charge >= 0.3 is 0 Å². The standard InChI is InChI=1S/C19H20BrCl2N5O2/c1-3-27-19(24-25-26-27)23-10-12-8-17(28-4-2)18(9-14(12)20)29-11-13-15(21)6-5-7-16(13)22/h5-9H,3-4,10-11H2,1-2H3,(H,23,24,26). The molecule has 10 heteroatoms. The number of anilines is 1. The van der Waals surface area contributed by atoms with Crippen molar-refractivity contribution in [3.63, 3.8) is 0 Å². The van der Waals surface area contributed by atoms with Gasteiger partial charge in [0.2, 0.25) is 5.95 Å². The van der Waals surface area contributed by atoms with Crippen LogP contribution in [-0.4, -0.2) is 26.8 Å². The summed E-state index contributed by atoms with van der Waals surface area (Å²) in [6.07, 6.45) is 0. The van der Waals surface area contributed by atoms with Crippen molar-refractivity contribution in [1.82, 2.24) is 20.2 Å². The monoisotopic (exact) mass is 499 g/mol. The lowest BCUT2D eigenvalue weighted by molar-refractivity contribution is 0.269. The highest BCUT2D eigenvalue weighted by molar-refractivity contribution is 9.10. The van der Waals surface area contributed by atoms with Crippen molar-refractivity contribution < 1.29 is 9.47 Å². The van der Waals surface area contributed by atoms with E-state index in [1.807, 2.05) is 26.0 Å². The molecule has 7 nitrogen and oxygen atoms in total. The van der Waals surface area contributed by atoms with E-state index >= 15 is 0 Å². The molecule has 0 amide bonds. The van der Waals surface area contributed by atoms with Gasteiger partial charge in [0.1, 0.15) is 6.61 Å². The Bertz CT molecular complexity index is 963. The first-order valence-electron chi connectivity index (χ1n) is 9.04. The van der Waals surface area contributed by atoms with Crippen LogP contribution in [0.4, 0.5) is 5.95 Å². The number of rotatable bonds is 9. The molecule has 0 bridgehead atoms. The Hall–Kier alpha value is -2.03. The van der Waals surface area contributed by atoms with Gasteiger partial charge in [-0.3, -0.25) is 0 Å². The minimum Gasteiger partial charge on any atom is -0.490 e. The van der Waals surface area contributed by atoms with E-state index in [0.29, 0.717) is 47.2 Å². The molecular weight excluding hydrogens is 481 g/mol. The van der Waals surface area contributed by atoms with Crippen LogP contribution < -0.4 is 14.8 Å². The molecule has 29 heavy (non-hydrogen) atoms. The summed E-state index contributed by atoms with van der Waals surface area (Å²) in [6, 6.07) is 9.15. The number of tetrazole rings is 1. The van der Waals surface area contributed by atoms with Crippen molar-refractivity contribution in [2.75, 3.05) is 11.9 Å². The van der Waals surface area contributed by atoms with E-state index in [9.17, 15) is 0 Å². The van der Waals surface area contributed by atoms with Crippen LogP contribution in [0.15, 0.2) is 34.8 Å². The lowest BCUT2D eigenvalue weighted by atomic mass is 10.2. The summed E-state index contributed by atoms with van der Waals surface area (Å²) < 4.78 is 14.3. The Balaban J connectivity index is 1.78. The molecular formula is C19H20BrCl2N5O2. The van der Waals surface area contributed by atoms with Crippen LogP contribution in [0.2, 0.25) is 10.0 Å². The Morgan fingerprint density at radius 3 is 2.52 bits per heavy atom. The summed E-state index contributed by atoms with van der Waals surface area (Å²) in [6.45, 7) is 5.82. The minimum absolute atomic E-state index is 0.230. The van der Waals surface area contributed by atoms with Crippen LogP contribution in [0.25, 0.3) is 0 Å². The van der Waals surface area contributed by atoms with E-state index < -0.39 is 0 Å². The fourth-order valence-electron chi connectivity index (χ4n) is 2.63. The van der Waals surface area contributed by atoms with Crippen molar-refractivity contribution in [2.24, 2.45) is 0 Å². The van der Waals surface area contributed by atoms with Crippen LogP contribution in [0.1, 0.15) is 25.0 Å². The molecule has 0 fully saturated rings. The number of hydrogen-bond donors (Lipinski definition) is 1. The van der Waals surface area contributed by atoms with Gasteiger partial charge in [-0.05, 0) is 54.1 Å². The Morgan fingerprint density at radius 2 is 1.83 bits per heavy atom. The predicted octanol–water partition coefficient (Wildman–Crippen LogP) is 5.35.